The Morgan fingerprint density at radius 2 is 1.90 bits per heavy atom. The van der Waals surface area contributed by atoms with Crippen LogP contribution in [-0.4, -0.2) is 9.78 Å². The lowest BCUT2D eigenvalue weighted by Crippen LogP contribution is -2.10. The molecule has 0 unspecified atom stereocenters. The highest BCUT2D eigenvalue weighted by molar-refractivity contribution is 6.31. The summed E-state index contributed by atoms with van der Waals surface area (Å²) in [4.78, 5) is 0. The largest absolute Gasteiger partial charge is 0.417 e. The van der Waals surface area contributed by atoms with Crippen molar-refractivity contribution >= 4 is 17.4 Å². The van der Waals surface area contributed by atoms with Crippen LogP contribution >= 0.6 is 11.6 Å². The maximum atomic E-state index is 12.9. The molecule has 7 heteroatoms. The van der Waals surface area contributed by atoms with Gasteiger partial charge in [-0.2, -0.15) is 18.3 Å². The summed E-state index contributed by atoms with van der Waals surface area (Å²) >= 11 is 5.64. The molecule has 3 rings (SSSR count). The number of hydrogen-bond donors (Lipinski definition) is 1. The van der Waals surface area contributed by atoms with Gasteiger partial charge in [0.25, 0.3) is 0 Å². The van der Waals surface area contributed by atoms with E-state index in [0.717, 1.165) is 43.0 Å². The van der Waals surface area contributed by atoms with Gasteiger partial charge in [0.1, 0.15) is 5.82 Å². The molecule has 1 aliphatic rings. The molecule has 1 aromatic heterocycles. The number of alkyl halides is 3. The minimum Gasteiger partial charge on any atom is -0.382 e. The molecule has 1 aromatic carbocycles. The molecule has 0 fully saturated rings. The Kier molecular flexibility index (Phi) is 3.36. The van der Waals surface area contributed by atoms with Crippen molar-refractivity contribution in [1.29, 1.82) is 0 Å². The average Bonchev–Trinajstić information content (AvgIpc) is 2.76. The van der Waals surface area contributed by atoms with E-state index in [2.05, 4.69) is 5.10 Å². The fraction of sp³-hybridized carbons (Fsp3) is 0.357. The number of nitrogen functional groups attached to an aromatic ring is 1. The normalized spacial score (nSPS) is 15.0. The first-order valence-corrected chi connectivity index (χ1v) is 6.99. The second-order valence-electron chi connectivity index (χ2n) is 5.09. The molecule has 0 radical (unpaired) electrons. The van der Waals surface area contributed by atoms with Gasteiger partial charge in [0.15, 0.2) is 0 Å². The van der Waals surface area contributed by atoms with E-state index < -0.39 is 11.7 Å². The van der Waals surface area contributed by atoms with Crippen LogP contribution in [0.3, 0.4) is 0 Å². The topological polar surface area (TPSA) is 43.8 Å². The lowest BCUT2D eigenvalue weighted by Gasteiger charge is -2.15. The molecule has 0 saturated carbocycles. The van der Waals surface area contributed by atoms with E-state index in [0.29, 0.717) is 11.5 Å². The minimum atomic E-state index is -4.49. The maximum absolute atomic E-state index is 12.9. The number of aromatic nitrogens is 2. The summed E-state index contributed by atoms with van der Waals surface area (Å²) in [6, 6.07) is 3.79. The smallest absolute Gasteiger partial charge is 0.382 e. The van der Waals surface area contributed by atoms with Gasteiger partial charge in [-0.15, -0.1) is 0 Å². The molecule has 2 aromatic rings. The summed E-state index contributed by atoms with van der Waals surface area (Å²) < 4.78 is 40.4. The van der Waals surface area contributed by atoms with Gasteiger partial charge in [-0.25, -0.2) is 4.68 Å². The molecule has 0 aliphatic heterocycles. The third-order valence-electron chi connectivity index (χ3n) is 3.71. The first kappa shape index (κ1) is 14.3. The molecule has 0 amide bonds. The van der Waals surface area contributed by atoms with Gasteiger partial charge in [-0.3, -0.25) is 0 Å². The highest BCUT2D eigenvalue weighted by Gasteiger charge is 2.34. The van der Waals surface area contributed by atoms with Crippen LogP contribution in [0.25, 0.3) is 5.69 Å². The Morgan fingerprint density at radius 3 is 2.62 bits per heavy atom. The Labute approximate surface area is 124 Å². The lowest BCUT2D eigenvalue weighted by atomic mass is 9.97. The summed E-state index contributed by atoms with van der Waals surface area (Å²) in [5.41, 5.74) is 7.19. The Bertz CT molecular complexity index is 692. The quantitative estimate of drug-likeness (QED) is 0.864. The van der Waals surface area contributed by atoms with E-state index in [1.54, 1.807) is 0 Å². The minimum absolute atomic E-state index is 0.319. The summed E-state index contributed by atoms with van der Waals surface area (Å²) in [6.07, 6.45) is -0.897. The van der Waals surface area contributed by atoms with E-state index in [9.17, 15) is 13.2 Å². The van der Waals surface area contributed by atoms with Crippen molar-refractivity contribution in [2.24, 2.45) is 0 Å². The van der Waals surface area contributed by atoms with Crippen LogP contribution in [0, 0.1) is 0 Å². The van der Waals surface area contributed by atoms with E-state index in [1.807, 2.05) is 0 Å². The number of hydrogen-bond acceptors (Lipinski definition) is 2. The second-order valence-corrected chi connectivity index (χ2v) is 5.50. The van der Waals surface area contributed by atoms with Crippen molar-refractivity contribution in [3.63, 3.8) is 0 Å². The van der Waals surface area contributed by atoms with Crippen LogP contribution in [0.1, 0.15) is 29.7 Å². The zero-order valence-corrected chi connectivity index (χ0v) is 11.8. The summed E-state index contributed by atoms with van der Waals surface area (Å²) in [7, 11) is 0. The van der Waals surface area contributed by atoms with Crippen molar-refractivity contribution in [1.82, 2.24) is 9.78 Å². The molecule has 0 atom stereocenters. The Hall–Kier alpha value is -1.69. The standard InChI is InChI=1S/C14H13ClF3N3/c15-11-6-5-8(7-10(11)14(16,17)18)21-12-4-2-1-3-9(12)13(19)20-21/h5-7H,1-4H2,(H2,19,20). The van der Waals surface area contributed by atoms with Crippen LogP contribution in [0.15, 0.2) is 18.2 Å². The highest BCUT2D eigenvalue weighted by Crippen LogP contribution is 2.36. The van der Waals surface area contributed by atoms with Crippen molar-refractivity contribution in [2.45, 2.75) is 31.9 Å². The number of nitrogens with two attached hydrogens (primary N) is 1. The van der Waals surface area contributed by atoms with Crippen LogP contribution in [-0.2, 0) is 19.0 Å². The van der Waals surface area contributed by atoms with Gasteiger partial charge >= 0.3 is 6.18 Å². The van der Waals surface area contributed by atoms with Gasteiger partial charge in [0.2, 0.25) is 0 Å². The van der Waals surface area contributed by atoms with Gasteiger partial charge in [-0.1, -0.05) is 11.6 Å². The predicted molar refractivity (Wildman–Crippen MR) is 74.6 cm³/mol. The van der Waals surface area contributed by atoms with Crippen molar-refractivity contribution < 1.29 is 13.2 Å². The van der Waals surface area contributed by atoms with Crippen LogP contribution in [0.2, 0.25) is 5.02 Å². The third kappa shape index (κ3) is 2.48. The van der Waals surface area contributed by atoms with Crippen molar-refractivity contribution in [3.05, 3.63) is 40.0 Å². The molecular weight excluding hydrogens is 303 g/mol. The average molecular weight is 316 g/mol. The number of fused-ring (bicyclic) bond motifs is 1. The maximum Gasteiger partial charge on any atom is 0.417 e. The first-order valence-electron chi connectivity index (χ1n) is 6.61. The molecular formula is C14H13ClF3N3. The molecule has 3 nitrogen and oxygen atoms in total. The van der Waals surface area contributed by atoms with E-state index in [4.69, 9.17) is 17.3 Å². The zero-order chi connectivity index (χ0) is 15.2. The number of nitrogens with zero attached hydrogens (tertiary/aromatic N) is 2. The fourth-order valence-electron chi connectivity index (χ4n) is 2.70. The third-order valence-corrected chi connectivity index (χ3v) is 4.04. The van der Waals surface area contributed by atoms with Crippen LogP contribution < -0.4 is 5.73 Å². The molecule has 1 aliphatic carbocycles. The first-order chi connectivity index (χ1) is 9.88. The number of halogens is 4. The summed E-state index contributed by atoms with van der Waals surface area (Å²) in [5, 5.41) is 3.88. The molecule has 0 saturated heterocycles. The molecule has 112 valence electrons. The highest BCUT2D eigenvalue weighted by atomic mass is 35.5. The number of anilines is 1. The predicted octanol–water partition coefficient (Wildman–Crippen LogP) is 4.01. The molecule has 1 heterocycles. The van der Waals surface area contributed by atoms with Crippen LogP contribution in [0.4, 0.5) is 19.0 Å². The lowest BCUT2D eigenvalue weighted by molar-refractivity contribution is -0.137. The number of benzene rings is 1. The van der Waals surface area contributed by atoms with Gasteiger partial charge in [0, 0.05) is 11.3 Å². The Balaban J connectivity index is 2.14. The van der Waals surface area contributed by atoms with E-state index >= 15 is 0 Å². The van der Waals surface area contributed by atoms with Gasteiger partial charge in [-0.05, 0) is 43.9 Å². The number of rotatable bonds is 1. The molecule has 21 heavy (non-hydrogen) atoms. The SMILES string of the molecule is Nc1nn(-c2ccc(Cl)c(C(F)(F)F)c2)c2c1CCCC2. The van der Waals surface area contributed by atoms with Gasteiger partial charge in [0.05, 0.1) is 16.3 Å². The van der Waals surface area contributed by atoms with Crippen LogP contribution in [0.5, 0.6) is 0 Å². The summed E-state index contributed by atoms with van der Waals surface area (Å²) in [6.45, 7) is 0. The van der Waals surface area contributed by atoms with Crippen molar-refractivity contribution in [3.8, 4) is 5.69 Å². The van der Waals surface area contributed by atoms with E-state index in [-0.39, 0.29) is 5.02 Å². The zero-order valence-electron chi connectivity index (χ0n) is 11.0. The molecule has 2 N–H and O–H groups in total. The van der Waals surface area contributed by atoms with Crippen molar-refractivity contribution in [2.75, 3.05) is 5.73 Å². The monoisotopic (exact) mass is 315 g/mol. The van der Waals surface area contributed by atoms with Gasteiger partial charge < -0.3 is 5.73 Å². The summed E-state index contributed by atoms with van der Waals surface area (Å²) in [5.74, 6) is 0.396. The second kappa shape index (κ2) is 4.94. The Morgan fingerprint density at radius 1 is 1.19 bits per heavy atom. The fourth-order valence-corrected chi connectivity index (χ4v) is 2.93. The molecule has 0 bridgehead atoms. The molecule has 0 spiro atoms. The van der Waals surface area contributed by atoms with E-state index in [1.165, 1.54) is 16.8 Å².